The third-order valence-corrected chi connectivity index (χ3v) is 5.59. The molecular formula is C23H23N3O4. The summed E-state index contributed by atoms with van der Waals surface area (Å²) in [7, 11) is 0. The van der Waals surface area contributed by atoms with Crippen LogP contribution in [0.25, 0.3) is 22.8 Å². The molecular weight excluding hydrogens is 382 g/mol. The number of hydrogen-bond donors (Lipinski definition) is 0. The monoisotopic (exact) mass is 405 g/mol. The first-order chi connectivity index (χ1) is 14.8. The predicted octanol–water partition coefficient (Wildman–Crippen LogP) is 3.42. The maximum atomic E-state index is 12.5. The molecule has 0 saturated carbocycles. The van der Waals surface area contributed by atoms with Crippen LogP contribution in [0.3, 0.4) is 0 Å². The Bertz CT molecular complexity index is 991. The number of likely N-dealkylation sites (tertiary alicyclic amines) is 1. The predicted molar refractivity (Wildman–Crippen MR) is 110 cm³/mol. The van der Waals surface area contributed by atoms with Gasteiger partial charge in [0.15, 0.2) is 0 Å². The van der Waals surface area contributed by atoms with Gasteiger partial charge in [0.25, 0.3) is 5.89 Å². The van der Waals surface area contributed by atoms with Crippen LogP contribution < -0.4 is 4.74 Å². The van der Waals surface area contributed by atoms with E-state index in [1.807, 2.05) is 59.5 Å². The maximum absolute atomic E-state index is 12.5. The molecule has 0 atom stereocenters. The minimum atomic E-state index is 0.0349. The highest BCUT2D eigenvalue weighted by molar-refractivity contribution is 5.79. The highest BCUT2D eigenvalue weighted by Gasteiger charge is 2.36. The van der Waals surface area contributed by atoms with Crippen LogP contribution in [0.1, 0.15) is 12.8 Å². The van der Waals surface area contributed by atoms with Crippen molar-refractivity contribution in [1.29, 1.82) is 0 Å². The van der Waals surface area contributed by atoms with E-state index in [9.17, 15) is 4.79 Å². The maximum Gasteiger partial charge on any atom is 0.258 e. The molecule has 5 rings (SSSR count). The van der Waals surface area contributed by atoms with Crippen molar-refractivity contribution in [2.24, 2.45) is 5.92 Å². The van der Waals surface area contributed by atoms with Crippen LogP contribution in [0.15, 0.2) is 59.1 Å². The molecule has 7 heteroatoms. The van der Waals surface area contributed by atoms with Gasteiger partial charge in [-0.3, -0.25) is 4.79 Å². The molecule has 0 spiro atoms. The zero-order valence-corrected chi connectivity index (χ0v) is 16.6. The van der Waals surface area contributed by atoms with Crippen molar-refractivity contribution in [2.45, 2.75) is 18.9 Å². The summed E-state index contributed by atoms with van der Waals surface area (Å²) in [5, 5.41) is 4.06. The van der Waals surface area contributed by atoms with Crippen molar-refractivity contribution in [3.8, 4) is 28.6 Å². The molecule has 154 valence electrons. The molecule has 2 aliphatic rings. The fraction of sp³-hybridized carbons (Fsp3) is 0.348. The third-order valence-electron chi connectivity index (χ3n) is 5.59. The molecule has 3 aromatic rings. The minimum absolute atomic E-state index is 0.0349. The number of carbonyl (C=O) groups excluding carboxylic acids is 1. The van der Waals surface area contributed by atoms with Crippen molar-refractivity contribution >= 4 is 5.91 Å². The van der Waals surface area contributed by atoms with Crippen LogP contribution in [-0.2, 0) is 9.53 Å². The summed E-state index contributed by atoms with van der Waals surface area (Å²) >= 11 is 0. The molecule has 0 aliphatic carbocycles. The Hall–Kier alpha value is -3.19. The summed E-state index contributed by atoms with van der Waals surface area (Å²) in [5.41, 5.74) is 1.75. The van der Waals surface area contributed by atoms with E-state index >= 15 is 0 Å². The molecule has 2 aliphatic heterocycles. The molecule has 0 bridgehead atoms. The number of aromatic nitrogens is 2. The summed E-state index contributed by atoms with van der Waals surface area (Å²) in [5.74, 6) is 2.14. The SMILES string of the molecule is O=C(C1CCOCC1)N1CC(Oc2ccc(-c3nc(-c4ccccc4)no3)cc2)C1. The topological polar surface area (TPSA) is 77.7 Å². The van der Waals surface area contributed by atoms with Gasteiger partial charge in [-0.1, -0.05) is 35.5 Å². The van der Waals surface area contributed by atoms with E-state index in [1.165, 1.54) is 0 Å². The molecule has 0 unspecified atom stereocenters. The Labute approximate surface area is 174 Å². The van der Waals surface area contributed by atoms with Gasteiger partial charge >= 0.3 is 0 Å². The molecule has 2 aromatic carbocycles. The summed E-state index contributed by atoms with van der Waals surface area (Å²) in [6.07, 6.45) is 1.68. The smallest absolute Gasteiger partial charge is 0.258 e. The molecule has 30 heavy (non-hydrogen) atoms. The fourth-order valence-electron chi connectivity index (χ4n) is 3.81. The molecule has 1 aromatic heterocycles. The second kappa shape index (κ2) is 8.28. The fourth-order valence-corrected chi connectivity index (χ4v) is 3.81. The molecule has 2 saturated heterocycles. The van der Waals surface area contributed by atoms with Gasteiger partial charge in [-0.25, -0.2) is 0 Å². The second-order valence-corrected chi connectivity index (χ2v) is 7.68. The van der Waals surface area contributed by atoms with Crippen molar-refractivity contribution < 1.29 is 18.8 Å². The van der Waals surface area contributed by atoms with Gasteiger partial charge in [0, 0.05) is 30.3 Å². The number of nitrogens with zero attached hydrogens (tertiary/aromatic N) is 3. The number of ether oxygens (including phenoxy) is 2. The largest absolute Gasteiger partial charge is 0.487 e. The minimum Gasteiger partial charge on any atom is -0.487 e. The summed E-state index contributed by atoms with van der Waals surface area (Å²) in [6.45, 7) is 2.65. The van der Waals surface area contributed by atoms with Gasteiger partial charge in [0.05, 0.1) is 13.1 Å². The first-order valence-corrected chi connectivity index (χ1v) is 10.3. The quantitative estimate of drug-likeness (QED) is 0.647. The Balaban J connectivity index is 1.16. The van der Waals surface area contributed by atoms with E-state index < -0.39 is 0 Å². The molecule has 0 N–H and O–H groups in total. The van der Waals surface area contributed by atoms with Crippen LogP contribution >= 0.6 is 0 Å². The standard InChI is InChI=1S/C23H23N3O4/c27-23(18-10-12-28-13-11-18)26-14-20(15-26)29-19-8-6-17(7-9-19)22-24-21(25-30-22)16-4-2-1-3-5-16/h1-9,18,20H,10-15H2. The molecule has 3 heterocycles. The highest BCUT2D eigenvalue weighted by Crippen LogP contribution is 2.27. The Morgan fingerprint density at radius 1 is 0.967 bits per heavy atom. The Morgan fingerprint density at radius 2 is 1.70 bits per heavy atom. The lowest BCUT2D eigenvalue weighted by Gasteiger charge is -2.41. The first-order valence-electron chi connectivity index (χ1n) is 10.3. The zero-order chi connectivity index (χ0) is 20.3. The van der Waals surface area contributed by atoms with E-state index in [0.717, 1.165) is 29.7 Å². The normalized spacial score (nSPS) is 17.5. The van der Waals surface area contributed by atoms with Crippen molar-refractivity contribution in [1.82, 2.24) is 15.0 Å². The lowest BCUT2D eigenvalue weighted by atomic mass is 9.96. The molecule has 7 nitrogen and oxygen atoms in total. The second-order valence-electron chi connectivity index (χ2n) is 7.68. The van der Waals surface area contributed by atoms with Crippen LogP contribution in [0.5, 0.6) is 5.75 Å². The van der Waals surface area contributed by atoms with Gasteiger partial charge in [0.1, 0.15) is 11.9 Å². The first kappa shape index (κ1) is 18.8. The van der Waals surface area contributed by atoms with Gasteiger partial charge in [0.2, 0.25) is 11.7 Å². The van der Waals surface area contributed by atoms with Crippen molar-refractivity contribution in [3.63, 3.8) is 0 Å². The lowest BCUT2D eigenvalue weighted by Crippen LogP contribution is -2.58. The van der Waals surface area contributed by atoms with E-state index in [2.05, 4.69) is 10.1 Å². The Morgan fingerprint density at radius 3 is 2.43 bits per heavy atom. The zero-order valence-electron chi connectivity index (χ0n) is 16.6. The Kier molecular flexibility index (Phi) is 5.19. The number of hydrogen-bond acceptors (Lipinski definition) is 6. The van der Waals surface area contributed by atoms with Crippen LogP contribution in [0, 0.1) is 5.92 Å². The van der Waals surface area contributed by atoms with Crippen molar-refractivity contribution in [2.75, 3.05) is 26.3 Å². The average Bonchev–Trinajstić information content (AvgIpc) is 3.27. The average molecular weight is 405 g/mol. The van der Waals surface area contributed by atoms with Crippen molar-refractivity contribution in [3.05, 3.63) is 54.6 Å². The number of amides is 1. The molecule has 0 radical (unpaired) electrons. The molecule has 2 fully saturated rings. The number of carbonyl (C=O) groups is 1. The van der Waals surface area contributed by atoms with Gasteiger partial charge in [-0.2, -0.15) is 4.98 Å². The molecule has 1 amide bonds. The van der Waals surface area contributed by atoms with Crippen LogP contribution in [0.4, 0.5) is 0 Å². The summed E-state index contributed by atoms with van der Waals surface area (Å²) < 4.78 is 16.7. The van der Waals surface area contributed by atoms with Gasteiger partial charge in [-0.05, 0) is 37.1 Å². The summed E-state index contributed by atoms with van der Waals surface area (Å²) in [6, 6.07) is 17.3. The van der Waals surface area contributed by atoms with E-state index in [4.69, 9.17) is 14.0 Å². The highest BCUT2D eigenvalue weighted by atomic mass is 16.5. The van der Waals surface area contributed by atoms with E-state index in [1.54, 1.807) is 0 Å². The summed E-state index contributed by atoms with van der Waals surface area (Å²) in [4.78, 5) is 18.8. The lowest BCUT2D eigenvalue weighted by molar-refractivity contribution is -0.147. The van der Waals surface area contributed by atoms with Gasteiger partial charge in [-0.15, -0.1) is 0 Å². The van der Waals surface area contributed by atoms with Gasteiger partial charge < -0.3 is 18.9 Å². The van der Waals surface area contributed by atoms with E-state index in [-0.39, 0.29) is 17.9 Å². The van der Waals surface area contributed by atoms with Crippen LogP contribution in [0.2, 0.25) is 0 Å². The van der Waals surface area contributed by atoms with E-state index in [0.29, 0.717) is 38.0 Å². The number of benzene rings is 2. The van der Waals surface area contributed by atoms with Crippen LogP contribution in [-0.4, -0.2) is 53.4 Å². The number of rotatable bonds is 5. The third kappa shape index (κ3) is 3.93.